The van der Waals surface area contributed by atoms with Crippen molar-refractivity contribution in [2.45, 2.75) is 19.9 Å². The van der Waals surface area contributed by atoms with E-state index >= 15 is 0 Å². The molecule has 136 valence electrons. The van der Waals surface area contributed by atoms with Crippen LogP contribution in [0.5, 0.6) is 0 Å². The van der Waals surface area contributed by atoms with Crippen LogP contribution in [-0.2, 0) is 14.4 Å². The quantitative estimate of drug-likeness (QED) is 0.468. The molecule has 1 rings (SSSR count). The molecule has 24 heavy (non-hydrogen) atoms. The summed E-state index contributed by atoms with van der Waals surface area (Å²) < 4.78 is 0. The van der Waals surface area contributed by atoms with Crippen molar-refractivity contribution in [3.05, 3.63) is 12.7 Å². The predicted octanol–water partition coefficient (Wildman–Crippen LogP) is -1.47. The maximum atomic E-state index is 12.1. The van der Waals surface area contributed by atoms with Crippen LogP contribution in [0.25, 0.3) is 0 Å². The second-order valence-electron chi connectivity index (χ2n) is 6.24. The van der Waals surface area contributed by atoms with Gasteiger partial charge in [-0.05, 0) is 5.92 Å². The van der Waals surface area contributed by atoms with Crippen LogP contribution in [0.3, 0.4) is 0 Å². The van der Waals surface area contributed by atoms with Gasteiger partial charge in [-0.15, -0.1) is 6.58 Å². The highest BCUT2D eigenvalue weighted by molar-refractivity contribution is 5.87. The summed E-state index contributed by atoms with van der Waals surface area (Å²) in [7, 11) is 0. The van der Waals surface area contributed by atoms with Crippen molar-refractivity contribution in [3.63, 3.8) is 0 Å². The van der Waals surface area contributed by atoms with Gasteiger partial charge in [0.25, 0.3) is 0 Å². The summed E-state index contributed by atoms with van der Waals surface area (Å²) in [6, 6.07) is -0.608. The van der Waals surface area contributed by atoms with E-state index in [4.69, 9.17) is 5.73 Å². The Morgan fingerprint density at radius 1 is 1.17 bits per heavy atom. The molecule has 0 saturated carbocycles. The van der Waals surface area contributed by atoms with Gasteiger partial charge in [-0.2, -0.15) is 0 Å². The van der Waals surface area contributed by atoms with Gasteiger partial charge < -0.3 is 21.3 Å². The standard InChI is InChI=1S/C16H29N5O3/c1-4-5-18-13(22)11-20-6-8-21(9-7-20)14(23)10-19-16(24)15(17)12(2)3/h4,12,15H,1,5-11,17H2,2-3H3,(H,18,22)(H,19,24)/t15-/m0/s1. The van der Waals surface area contributed by atoms with E-state index < -0.39 is 6.04 Å². The van der Waals surface area contributed by atoms with Crippen LogP contribution in [0, 0.1) is 5.92 Å². The van der Waals surface area contributed by atoms with Crippen molar-refractivity contribution in [2.75, 3.05) is 45.8 Å². The van der Waals surface area contributed by atoms with E-state index in [1.807, 2.05) is 18.7 Å². The highest BCUT2D eigenvalue weighted by Crippen LogP contribution is 2.02. The minimum Gasteiger partial charge on any atom is -0.352 e. The lowest BCUT2D eigenvalue weighted by Gasteiger charge is -2.34. The van der Waals surface area contributed by atoms with E-state index in [1.54, 1.807) is 11.0 Å². The molecule has 1 atom stereocenters. The van der Waals surface area contributed by atoms with Crippen molar-refractivity contribution < 1.29 is 14.4 Å². The highest BCUT2D eigenvalue weighted by atomic mass is 16.2. The number of rotatable bonds is 8. The molecule has 0 aromatic heterocycles. The summed E-state index contributed by atoms with van der Waals surface area (Å²) >= 11 is 0. The third kappa shape index (κ3) is 6.67. The van der Waals surface area contributed by atoms with E-state index in [-0.39, 0.29) is 30.2 Å². The van der Waals surface area contributed by atoms with Crippen molar-refractivity contribution in [2.24, 2.45) is 11.7 Å². The van der Waals surface area contributed by atoms with Crippen LogP contribution in [0.15, 0.2) is 12.7 Å². The molecule has 1 heterocycles. The van der Waals surface area contributed by atoms with Crippen LogP contribution in [-0.4, -0.2) is 79.4 Å². The average molecular weight is 339 g/mol. The Balaban J connectivity index is 2.29. The fourth-order valence-electron chi connectivity index (χ4n) is 2.30. The fraction of sp³-hybridized carbons (Fsp3) is 0.688. The minimum absolute atomic E-state index is 0.0240. The first-order chi connectivity index (χ1) is 11.3. The molecule has 0 aliphatic carbocycles. The number of nitrogens with two attached hydrogens (primary N) is 1. The molecule has 8 nitrogen and oxygen atoms in total. The Kier molecular flexibility index (Phi) is 8.42. The minimum atomic E-state index is -0.608. The van der Waals surface area contributed by atoms with Crippen LogP contribution < -0.4 is 16.4 Å². The van der Waals surface area contributed by atoms with E-state index in [0.29, 0.717) is 39.3 Å². The summed E-state index contributed by atoms with van der Waals surface area (Å²) in [5, 5.41) is 5.31. The van der Waals surface area contributed by atoms with E-state index in [0.717, 1.165) is 0 Å². The zero-order valence-corrected chi connectivity index (χ0v) is 14.6. The van der Waals surface area contributed by atoms with Crippen LogP contribution >= 0.6 is 0 Å². The number of hydrogen-bond donors (Lipinski definition) is 3. The molecule has 1 fully saturated rings. The second-order valence-corrected chi connectivity index (χ2v) is 6.24. The molecule has 0 aromatic rings. The molecular formula is C16H29N5O3. The topological polar surface area (TPSA) is 108 Å². The largest absolute Gasteiger partial charge is 0.352 e. The van der Waals surface area contributed by atoms with Gasteiger partial charge in [0.05, 0.1) is 19.1 Å². The van der Waals surface area contributed by atoms with Gasteiger partial charge in [0.15, 0.2) is 0 Å². The number of carbonyl (C=O) groups excluding carboxylic acids is 3. The molecule has 3 amide bonds. The number of nitrogens with zero attached hydrogens (tertiary/aromatic N) is 2. The zero-order valence-electron chi connectivity index (χ0n) is 14.6. The Morgan fingerprint density at radius 3 is 2.33 bits per heavy atom. The number of carbonyl (C=O) groups is 3. The van der Waals surface area contributed by atoms with Crippen molar-refractivity contribution in [1.29, 1.82) is 0 Å². The Hall–Kier alpha value is -1.93. The van der Waals surface area contributed by atoms with Gasteiger partial charge in [-0.1, -0.05) is 19.9 Å². The molecule has 4 N–H and O–H groups in total. The number of amides is 3. The summed E-state index contributed by atoms with van der Waals surface area (Å²) in [6.45, 7) is 10.3. The van der Waals surface area contributed by atoms with Gasteiger partial charge in [0, 0.05) is 32.7 Å². The molecule has 0 aromatic carbocycles. The lowest BCUT2D eigenvalue weighted by atomic mass is 10.1. The molecular weight excluding hydrogens is 310 g/mol. The molecule has 0 spiro atoms. The van der Waals surface area contributed by atoms with Crippen molar-refractivity contribution in [3.8, 4) is 0 Å². The Labute approximate surface area is 143 Å². The van der Waals surface area contributed by atoms with Crippen molar-refractivity contribution >= 4 is 17.7 Å². The van der Waals surface area contributed by atoms with E-state index in [2.05, 4.69) is 17.2 Å². The Bertz CT molecular complexity index is 459. The van der Waals surface area contributed by atoms with Crippen LogP contribution in [0.2, 0.25) is 0 Å². The first-order valence-electron chi connectivity index (χ1n) is 8.26. The number of nitrogens with one attached hydrogen (secondary N) is 2. The van der Waals surface area contributed by atoms with Crippen LogP contribution in [0.4, 0.5) is 0 Å². The number of hydrogen-bond acceptors (Lipinski definition) is 5. The van der Waals surface area contributed by atoms with Gasteiger partial charge in [-0.25, -0.2) is 0 Å². The summed E-state index contributed by atoms with van der Waals surface area (Å²) in [5.74, 6) is -0.466. The molecule has 1 saturated heterocycles. The molecule has 1 aliphatic rings. The third-order valence-corrected chi connectivity index (χ3v) is 3.97. The third-order valence-electron chi connectivity index (χ3n) is 3.97. The second kappa shape index (κ2) is 10.0. The smallest absolute Gasteiger partial charge is 0.242 e. The first kappa shape index (κ1) is 20.1. The maximum Gasteiger partial charge on any atom is 0.242 e. The van der Waals surface area contributed by atoms with Gasteiger partial charge in [0.2, 0.25) is 17.7 Å². The predicted molar refractivity (Wildman–Crippen MR) is 92.0 cm³/mol. The maximum absolute atomic E-state index is 12.1. The molecule has 8 heteroatoms. The molecule has 1 aliphatic heterocycles. The van der Waals surface area contributed by atoms with Crippen molar-refractivity contribution in [1.82, 2.24) is 20.4 Å². The summed E-state index contributed by atoms with van der Waals surface area (Å²) in [6.07, 6.45) is 1.63. The first-order valence-corrected chi connectivity index (χ1v) is 8.26. The average Bonchev–Trinajstić information content (AvgIpc) is 2.57. The number of piperazine rings is 1. The molecule has 0 bridgehead atoms. The summed E-state index contributed by atoms with van der Waals surface area (Å²) in [4.78, 5) is 39.2. The normalized spacial score (nSPS) is 16.6. The van der Waals surface area contributed by atoms with Crippen LogP contribution in [0.1, 0.15) is 13.8 Å². The highest BCUT2D eigenvalue weighted by Gasteiger charge is 2.23. The van der Waals surface area contributed by atoms with E-state index in [9.17, 15) is 14.4 Å². The lowest BCUT2D eigenvalue weighted by Crippen LogP contribution is -2.54. The molecule has 0 radical (unpaired) electrons. The lowest BCUT2D eigenvalue weighted by molar-refractivity contribution is -0.135. The molecule has 0 unspecified atom stereocenters. The summed E-state index contributed by atoms with van der Waals surface area (Å²) in [5.41, 5.74) is 5.74. The fourth-order valence-corrected chi connectivity index (χ4v) is 2.30. The van der Waals surface area contributed by atoms with Gasteiger partial charge in [0.1, 0.15) is 0 Å². The SMILES string of the molecule is C=CCNC(=O)CN1CCN(C(=O)CNC(=O)[C@@H](N)C(C)C)CC1. The van der Waals surface area contributed by atoms with Gasteiger partial charge >= 0.3 is 0 Å². The van der Waals surface area contributed by atoms with E-state index in [1.165, 1.54) is 0 Å². The Morgan fingerprint density at radius 2 is 1.79 bits per heavy atom. The monoisotopic (exact) mass is 339 g/mol. The zero-order chi connectivity index (χ0) is 18.1. The van der Waals surface area contributed by atoms with Gasteiger partial charge in [-0.3, -0.25) is 19.3 Å².